The summed E-state index contributed by atoms with van der Waals surface area (Å²) in [6.45, 7) is 0.874. The molecule has 2 aromatic rings. The molecule has 11 heteroatoms. The number of carboxylic acids is 1. The average molecular weight is 535 g/mol. The van der Waals surface area contributed by atoms with Crippen LogP contribution in [0.1, 0.15) is 36.8 Å². The van der Waals surface area contributed by atoms with Crippen molar-refractivity contribution in [2.75, 3.05) is 19.7 Å². The number of likely N-dealkylation sites (tertiary alicyclic amines) is 1. The molecule has 0 bridgehead atoms. The Morgan fingerprint density at radius 1 is 1.08 bits per heavy atom. The Kier molecular flexibility index (Phi) is 9.86. The maximum Gasteiger partial charge on any atom is 0.305 e. The Labute approximate surface area is 217 Å². The summed E-state index contributed by atoms with van der Waals surface area (Å²) in [6.07, 6.45) is 0.808. The van der Waals surface area contributed by atoms with Crippen molar-refractivity contribution in [3.63, 3.8) is 0 Å². The van der Waals surface area contributed by atoms with Gasteiger partial charge in [0.05, 0.1) is 6.42 Å². The molecule has 2 N–H and O–H groups in total. The zero-order valence-corrected chi connectivity index (χ0v) is 20.8. The van der Waals surface area contributed by atoms with Crippen molar-refractivity contribution >= 4 is 23.6 Å². The second-order valence-corrected chi connectivity index (χ2v) is 9.19. The topological polar surface area (TPSA) is 113 Å². The van der Waals surface area contributed by atoms with Gasteiger partial charge in [0.25, 0.3) is 0 Å². The van der Waals surface area contributed by atoms with Gasteiger partial charge >= 0.3 is 5.97 Å². The molecular weight excluding hydrogens is 505 g/mol. The maximum absolute atomic E-state index is 14.1. The predicted molar refractivity (Wildman–Crippen MR) is 130 cm³/mol. The van der Waals surface area contributed by atoms with E-state index >= 15 is 0 Å². The number of ketones is 1. The van der Waals surface area contributed by atoms with Crippen molar-refractivity contribution in [1.82, 2.24) is 10.2 Å². The van der Waals surface area contributed by atoms with Crippen molar-refractivity contribution in [3.05, 3.63) is 65.0 Å². The fraction of sp³-hybridized carbons (Fsp3) is 0.407. The van der Waals surface area contributed by atoms with Crippen LogP contribution < -0.4 is 10.1 Å². The lowest BCUT2D eigenvalue weighted by molar-refractivity contribution is -0.141. The van der Waals surface area contributed by atoms with E-state index in [4.69, 9.17) is 4.74 Å². The highest BCUT2D eigenvalue weighted by atomic mass is 19.2. The lowest BCUT2D eigenvalue weighted by Crippen LogP contribution is -2.49. The molecule has 2 aromatic carbocycles. The summed E-state index contributed by atoms with van der Waals surface area (Å²) in [4.78, 5) is 50.9. The first-order chi connectivity index (χ1) is 18.1. The van der Waals surface area contributed by atoms with Gasteiger partial charge in [-0.2, -0.15) is 4.39 Å². The Morgan fingerprint density at radius 3 is 2.37 bits per heavy atom. The largest absolute Gasteiger partial charge is 0.481 e. The zero-order chi connectivity index (χ0) is 27.8. The second-order valence-electron chi connectivity index (χ2n) is 9.19. The fourth-order valence-electron chi connectivity index (χ4n) is 4.23. The van der Waals surface area contributed by atoms with E-state index in [0.717, 1.165) is 5.56 Å². The zero-order valence-electron chi connectivity index (χ0n) is 20.8. The van der Waals surface area contributed by atoms with Gasteiger partial charge in [-0.15, -0.1) is 0 Å². The smallest absolute Gasteiger partial charge is 0.305 e. The molecule has 38 heavy (non-hydrogen) atoms. The van der Waals surface area contributed by atoms with Gasteiger partial charge < -0.3 is 20.1 Å². The SMILES string of the molecule is Cc1cc(F)c(F)c(OCC(=O)[C@H](CC(=O)O)NC(=O)C2CCN(C(=O)CCc3ccccc3)CC2)c1F. The number of halogens is 3. The Hall–Kier alpha value is -3.89. The summed E-state index contributed by atoms with van der Waals surface area (Å²) in [5, 5.41) is 11.6. The predicted octanol–water partition coefficient (Wildman–Crippen LogP) is 3.19. The quantitative estimate of drug-likeness (QED) is 0.428. The first kappa shape index (κ1) is 28.7. The molecule has 0 saturated carbocycles. The molecule has 1 aliphatic heterocycles. The molecule has 8 nitrogen and oxygen atoms in total. The summed E-state index contributed by atoms with van der Waals surface area (Å²) in [7, 11) is 0. The number of nitrogens with zero attached hydrogens (tertiary/aromatic N) is 1. The van der Waals surface area contributed by atoms with Gasteiger partial charge in [-0.05, 0) is 43.4 Å². The number of hydrogen-bond acceptors (Lipinski definition) is 5. The maximum atomic E-state index is 14.1. The van der Waals surface area contributed by atoms with Crippen molar-refractivity contribution in [3.8, 4) is 5.75 Å². The van der Waals surface area contributed by atoms with E-state index in [9.17, 15) is 37.5 Å². The molecule has 1 heterocycles. The van der Waals surface area contributed by atoms with E-state index in [2.05, 4.69) is 5.32 Å². The number of carbonyl (C=O) groups is 4. The summed E-state index contributed by atoms with van der Waals surface area (Å²) >= 11 is 0. The highest BCUT2D eigenvalue weighted by Crippen LogP contribution is 2.27. The molecule has 0 unspecified atom stereocenters. The standard InChI is InChI=1S/C27H29F3N2O6/c1-16-13-19(28)25(30)26(24(16)29)38-15-21(33)20(14-23(35)36)31-27(37)18-9-11-32(12-10-18)22(34)8-7-17-5-3-2-4-6-17/h2-6,13,18,20H,7-12,14-15H2,1H3,(H,31,37)(H,35,36)/t20-/m0/s1. The van der Waals surface area contributed by atoms with E-state index in [1.165, 1.54) is 6.92 Å². The van der Waals surface area contributed by atoms with Gasteiger partial charge in [0.1, 0.15) is 12.6 Å². The monoisotopic (exact) mass is 534 g/mol. The third-order valence-electron chi connectivity index (χ3n) is 6.43. The third-order valence-corrected chi connectivity index (χ3v) is 6.43. The van der Waals surface area contributed by atoms with E-state index in [-0.39, 0.29) is 11.5 Å². The van der Waals surface area contributed by atoms with Crippen LogP contribution in [0.25, 0.3) is 0 Å². The number of aliphatic carboxylic acids is 1. The summed E-state index contributed by atoms with van der Waals surface area (Å²) in [5.41, 5.74) is 0.804. The van der Waals surface area contributed by atoms with Gasteiger partial charge in [0, 0.05) is 25.4 Å². The van der Waals surface area contributed by atoms with Crippen LogP contribution in [0.5, 0.6) is 5.75 Å². The third kappa shape index (κ3) is 7.56. The summed E-state index contributed by atoms with van der Waals surface area (Å²) < 4.78 is 46.5. The van der Waals surface area contributed by atoms with Gasteiger partial charge in [0.2, 0.25) is 17.6 Å². The number of carboxylic acid groups (broad SMARTS) is 1. The van der Waals surface area contributed by atoms with E-state index in [1.807, 2.05) is 30.3 Å². The first-order valence-electron chi connectivity index (χ1n) is 12.2. The summed E-state index contributed by atoms with van der Waals surface area (Å²) in [6, 6.07) is 8.69. The molecule has 1 aliphatic rings. The number of benzene rings is 2. The lowest BCUT2D eigenvalue weighted by atomic mass is 9.94. The average Bonchev–Trinajstić information content (AvgIpc) is 2.90. The molecule has 0 aromatic heterocycles. The van der Waals surface area contributed by atoms with Crippen LogP contribution in [0, 0.1) is 30.3 Å². The number of nitrogens with one attached hydrogen (secondary N) is 1. The number of ether oxygens (including phenoxy) is 1. The van der Waals surface area contributed by atoms with Crippen LogP contribution >= 0.6 is 0 Å². The van der Waals surface area contributed by atoms with E-state index in [0.29, 0.717) is 44.8 Å². The number of carbonyl (C=O) groups excluding carboxylic acids is 3. The van der Waals surface area contributed by atoms with Crippen molar-refractivity contribution in [2.24, 2.45) is 5.92 Å². The Balaban J connectivity index is 1.53. The van der Waals surface area contributed by atoms with Gasteiger partial charge in [0.15, 0.2) is 23.2 Å². The highest BCUT2D eigenvalue weighted by molar-refractivity contribution is 5.93. The van der Waals surface area contributed by atoms with Crippen molar-refractivity contribution < 1.29 is 42.2 Å². The minimum absolute atomic E-state index is 0.0316. The molecule has 0 aliphatic carbocycles. The Bertz CT molecular complexity index is 1160. The minimum atomic E-state index is -1.62. The molecule has 204 valence electrons. The number of rotatable bonds is 11. The van der Waals surface area contributed by atoms with Crippen LogP contribution in [0.3, 0.4) is 0 Å². The van der Waals surface area contributed by atoms with Gasteiger partial charge in [-0.1, -0.05) is 30.3 Å². The molecular formula is C27H29F3N2O6. The number of piperidine rings is 1. The first-order valence-corrected chi connectivity index (χ1v) is 12.2. The summed E-state index contributed by atoms with van der Waals surface area (Å²) in [5.74, 6) is -8.77. The normalized spacial score (nSPS) is 14.6. The van der Waals surface area contributed by atoms with E-state index in [1.54, 1.807) is 4.90 Å². The minimum Gasteiger partial charge on any atom is -0.481 e. The second kappa shape index (κ2) is 13.1. The molecule has 3 rings (SSSR count). The molecule has 1 atom stereocenters. The van der Waals surface area contributed by atoms with Gasteiger partial charge in [-0.3, -0.25) is 19.2 Å². The molecule has 1 saturated heterocycles. The lowest BCUT2D eigenvalue weighted by Gasteiger charge is -2.32. The van der Waals surface area contributed by atoms with Crippen LogP contribution in [0.2, 0.25) is 0 Å². The molecule has 0 radical (unpaired) electrons. The molecule has 1 fully saturated rings. The fourth-order valence-corrected chi connectivity index (χ4v) is 4.23. The number of hydrogen-bond donors (Lipinski definition) is 2. The van der Waals surface area contributed by atoms with Crippen LogP contribution in [-0.4, -0.2) is 59.3 Å². The molecule has 2 amide bonds. The van der Waals surface area contributed by atoms with Crippen LogP contribution in [0.15, 0.2) is 36.4 Å². The molecule has 0 spiro atoms. The number of Topliss-reactive ketones (excluding diaryl/α,β-unsaturated/α-hetero) is 1. The van der Waals surface area contributed by atoms with Crippen LogP contribution in [0.4, 0.5) is 13.2 Å². The van der Waals surface area contributed by atoms with Crippen LogP contribution in [-0.2, 0) is 25.6 Å². The highest BCUT2D eigenvalue weighted by Gasteiger charge is 2.31. The van der Waals surface area contributed by atoms with E-state index < -0.39 is 65.8 Å². The van der Waals surface area contributed by atoms with Gasteiger partial charge in [-0.25, -0.2) is 8.78 Å². The van der Waals surface area contributed by atoms with Crippen molar-refractivity contribution in [1.29, 1.82) is 0 Å². The van der Waals surface area contributed by atoms with Crippen molar-refractivity contribution in [2.45, 2.75) is 45.1 Å². The number of amides is 2. The Morgan fingerprint density at radius 2 is 1.74 bits per heavy atom. The number of aryl methyl sites for hydroxylation is 2.